The quantitative estimate of drug-likeness (QED) is 0.259. The molecule has 0 fully saturated rings. The largest absolute Gasteiger partial charge is 0.358 e. The summed E-state index contributed by atoms with van der Waals surface area (Å²) in [5.74, 6) is 0. The number of aromatic nitrogens is 5. The van der Waals surface area contributed by atoms with Gasteiger partial charge in [0.05, 0.1) is 28.6 Å². The molecule has 7 nitrogen and oxygen atoms in total. The second-order valence-corrected chi connectivity index (χ2v) is 10.3. The first-order chi connectivity index (χ1) is 18.6. The number of rotatable bonds is 8. The Balaban J connectivity index is 1.75. The molecule has 0 aliphatic carbocycles. The van der Waals surface area contributed by atoms with Crippen LogP contribution in [-0.4, -0.2) is 30.9 Å². The van der Waals surface area contributed by atoms with Gasteiger partial charge in [-0.3, -0.25) is 20.1 Å². The van der Waals surface area contributed by atoms with Crippen molar-refractivity contribution in [3.05, 3.63) is 114 Å². The molecule has 0 aromatic carbocycles. The lowest BCUT2D eigenvalue weighted by Crippen LogP contribution is -2.23. The van der Waals surface area contributed by atoms with Crippen LogP contribution in [0.25, 0.3) is 29.1 Å². The molecule has 4 aromatic rings. The van der Waals surface area contributed by atoms with Crippen molar-refractivity contribution in [3.63, 3.8) is 0 Å². The highest BCUT2D eigenvalue weighted by molar-refractivity contribution is 6.14. The van der Waals surface area contributed by atoms with Crippen LogP contribution in [0.1, 0.15) is 50.1 Å². The summed E-state index contributed by atoms with van der Waals surface area (Å²) in [4.78, 5) is 16.7. The molecule has 0 unspecified atom stereocenters. The zero-order valence-electron chi connectivity index (χ0n) is 23.3. The summed E-state index contributed by atoms with van der Waals surface area (Å²) < 4.78 is 0. The molecule has 39 heavy (non-hydrogen) atoms. The molecule has 0 spiro atoms. The van der Waals surface area contributed by atoms with Crippen molar-refractivity contribution < 1.29 is 0 Å². The first-order valence-electron chi connectivity index (χ1n) is 12.7. The zero-order valence-corrected chi connectivity index (χ0v) is 23.3. The Morgan fingerprint density at radius 2 is 1.85 bits per heavy atom. The van der Waals surface area contributed by atoms with Gasteiger partial charge in [0.25, 0.3) is 0 Å². The van der Waals surface area contributed by atoms with E-state index in [9.17, 15) is 0 Å². The van der Waals surface area contributed by atoms with E-state index < -0.39 is 0 Å². The van der Waals surface area contributed by atoms with E-state index in [1.54, 1.807) is 24.8 Å². The molecular formula is C32H35N7. The minimum atomic E-state index is -0.0724. The average Bonchev–Trinajstić information content (AvgIpc) is 3.50. The van der Waals surface area contributed by atoms with E-state index in [0.717, 1.165) is 67.0 Å². The summed E-state index contributed by atoms with van der Waals surface area (Å²) in [5.41, 5.74) is 8.68. The minimum absolute atomic E-state index is 0.0724. The van der Waals surface area contributed by atoms with Crippen molar-refractivity contribution in [3.8, 4) is 11.4 Å². The van der Waals surface area contributed by atoms with Gasteiger partial charge in [0.1, 0.15) is 5.69 Å². The van der Waals surface area contributed by atoms with Crippen LogP contribution in [0.4, 0.5) is 5.69 Å². The summed E-state index contributed by atoms with van der Waals surface area (Å²) in [5, 5.41) is 13.0. The summed E-state index contributed by atoms with van der Waals surface area (Å²) in [6, 6.07) is 7.97. The minimum Gasteiger partial charge on any atom is -0.358 e. The molecule has 4 rings (SSSR count). The topological polar surface area (TPSA) is 94.6 Å². The fourth-order valence-corrected chi connectivity index (χ4v) is 4.06. The first kappa shape index (κ1) is 27.3. The number of hydrogen-bond donors (Lipinski definition) is 3. The number of H-pyrrole nitrogens is 2. The third-order valence-electron chi connectivity index (χ3n) is 6.43. The molecule has 0 aliphatic rings. The fraction of sp³-hybridized carbons (Fsp3) is 0.188. The average molecular weight is 518 g/mol. The number of allylic oxidation sites excluding steroid dienone is 2. The van der Waals surface area contributed by atoms with Crippen LogP contribution in [0.3, 0.4) is 0 Å². The van der Waals surface area contributed by atoms with Crippen LogP contribution in [-0.2, 0) is 0 Å². The number of nitrogens with zero attached hydrogens (tertiary/aromatic N) is 4. The summed E-state index contributed by atoms with van der Waals surface area (Å²) in [6.45, 7) is 22.7. The van der Waals surface area contributed by atoms with E-state index in [1.807, 2.05) is 50.4 Å². The summed E-state index contributed by atoms with van der Waals surface area (Å²) in [7, 11) is 0. The van der Waals surface area contributed by atoms with Gasteiger partial charge in [-0.2, -0.15) is 5.10 Å². The van der Waals surface area contributed by atoms with Crippen molar-refractivity contribution in [2.24, 2.45) is 10.4 Å². The first-order valence-corrected chi connectivity index (χ1v) is 12.7. The van der Waals surface area contributed by atoms with E-state index in [-0.39, 0.29) is 5.41 Å². The summed E-state index contributed by atoms with van der Waals surface area (Å²) in [6.07, 6.45) is 12.7. The van der Waals surface area contributed by atoms with Crippen LogP contribution < -0.4 is 15.9 Å². The predicted octanol–water partition coefficient (Wildman–Crippen LogP) is 5.75. The summed E-state index contributed by atoms with van der Waals surface area (Å²) >= 11 is 0. The predicted molar refractivity (Wildman–Crippen MR) is 163 cm³/mol. The third-order valence-corrected chi connectivity index (χ3v) is 6.43. The number of hydrogen-bond acceptors (Lipinski definition) is 5. The van der Waals surface area contributed by atoms with Crippen LogP contribution in [0, 0.1) is 12.3 Å². The second kappa shape index (κ2) is 11.3. The lowest BCUT2D eigenvalue weighted by atomic mass is 9.93. The number of aryl methyl sites for hydroxylation is 1. The van der Waals surface area contributed by atoms with Gasteiger partial charge in [0.15, 0.2) is 0 Å². The second-order valence-electron chi connectivity index (χ2n) is 10.3. The van der Waals surface area contributed by atoms with Crippen LogP contribution in [0.15, 0.2) is 85.7 Å². The molecule has 0 aliphatic heterocycles. The Bertz CT molecular complexity index is 1680. The van der Waals surface area contributed by atoms with E-state index in [0.29, 0.717) is 0 Å². The zero-order chi connectivity index (χ0) is 28.2. The molecule has 3 N–H and O–H groups in total. The van der Waals surface area contributed by atoms with Crippen molar-refractivity contribution in [1.82, 2.24) is 25.1 Å². The highest BCUT2D eigenvalue weighted by Crippen LogP contribution is 2.26. The molecule has 0 atom stereocenters. The maximum atomic E-state index is 4.65. The van der Waals surface area contributed by atoms with E-state index in [2.05, 4.69) is 82.0 Å². The monoisotopic (exact) mass is 517 g/mol. The van der Waals surface area contributed by atoms with Crippen molar-refractivity contribution in [2.45, 2.75) is 34.6 Å². The molecule has 198 valence electrons. The third kappa shape index (κ3) is 6.04. The fourth-order valence-electron chi connectivity index (χ4n) is 4.06. The molecule has 4 aromatic heterocycles. The van der Waals surface area contributed by atoms with E-state index >= 15 is 0 Å². The van der Waals surface area contributed by atoms with Crippen molar-refractivity contribution >= 4 is 29.1 Å². The Kier molecular flexibility index (Phi) is 7.91. The van der Waals surface area contributed by atoms with Gasteiger partial charge in [0.2, 0.25) is 0 Å². The lowest BCUT2D eigenvalue weighted by Gasteiger charge is -2.23. The Hall–Kier alpha value is -4.78. The Morgan fingerprint density at radius 1 is 1.08 bits per heavy atom. The molecule has 0 radical (unpaired) electrons. The van der Waals surface area contributed by atoms with Gasteiger partial charge in [0, 0.05) is 63.5 Å². The molecule has 0 bridgehead atoms. The van der Waals surface area contributed by atoms with Gasteiger partial charge < -0.3 is 10.3 Å². The SMILES string of the molecule is C=CN=C(c1cccnc1)c1cc(-c2n[nH]c(=C/C)/c2=C\C(=C)c2cncc(NC(=C)C(C)(C)C)c2)[nH]c1C. The maximum Gasteiger partial charge on any atom is 0.116 e. The molecule has 4 heterocycles. The van der Waals surface area contributed by atoms with Crippen LogP contribution in [0.5, 0.6) is 0 Å². The Labute approximate surface area is 229 Å². The normalized spacial score (nSPS) is 13.0. The van der Waals surface area contributed by atoms with Crippen molar-refractivity contribution in [1.29, 1.82) is 0 Å². The molecule has 7 heteroatoms. The van der Waals surface area contributed by atoms with Gasteiger partial charge >= 0.3 is 0 Å². The van der Waals surface area contributed by atoms with Crippen LogP contribution >= 0.6 is 0 Å². The lowest BCUT2D eigenvalue weighted by molar-refractivity contribution is 0.509. The number of aliphatic imine (C=N–C) groups is 1. The number of anilines is 1. The number of nitrogens with one attached hydrogen (secondary N) is 3. The van der Waals surface area contributed by atoms with E-state index in [4.69, 9.17) is 0 Å². The smallest absolute Gasteiger partial charge is 0.116 e. The maximum absolute atomic E-state index is 4.65. The Morgan fingerprint density at radius 3 is 2.51 bits per heavy atom. The number of pyridine rings is 2. The van der Waals surface area contributed by atoms with Gasteiger partial charge in [-0.05, 0) is 49.8 Å². The van der Waals surface area contributed by atoms with Gasteiger partial charge in [-0.25, -0.2) is 0 Å². The standard InChI is InChI=1S/C32H35N7/c1-9-28-27(14-20(3)24-15-25(19-34-18-24)37-22(5)32(6,7)8)31(39-38-28)29-16-26(21(4)36-29)30(35-10-2)23-12-11-13-33-17-23/h9-19,36-38H,2-3,5H2,1,4,6-8H3/b27-14+,28-9+,35-30?. The van der Waals surface area contributed by atoms with E-state index in [1.165, 1.54) is 0 Å². The molecule has 0 saturated carbocycles. The van der Waals surface area contributed by atoms with Gasteiger partial charge in [-0.15, -0.1) is 0 Å². The highest BCUT2D eigenvalue weighted by atomic mass is 15.1. The van der Waals surface area contributed by atoms with Crippen molar-refractivity contribution in [2.75, 3.05) is 5.32 Å². The molecule has 0 saturated heterocycles. The molecule has 0 amide bonds. The van der Waals surface area contributed by atoms with Gasteiger partial charge in [-0.1, -0.05) is 46.6 Å². The number of aromatic amines is 2. The van der Waals surface area contributed by atoms with Crippen LogP contribution in [0.2, 0.25) is 0 Å². The highest BCUT2D eigenvalue weighted by Gasteiger charge is 2.17. The molecular weight excluding hydrogens is 482 g/mol.